The number of anilines is 2. The van der Waals surface area contributed by atoms with Gasteiger partial charge in [-0.05, 0) is 30.2 Å². The molecule has 2 amide bonds. The van der Waals surface area contributed by atoms with Crippen LogP contribution in [0.25, 0.3) is 0 Å². The molecule has 2 N–H and O–H groups in total. The average molecular weight is 426 g/mol. The summed E-state index contributed by atoms with van der Waals surface area (Å²) in [6.07, 6.45) is 0.193. The second-order valence-corrected chi connectivity index (χ2v) is 8.05. The molecule has 0 aliphatic carbocycles. The first-order valence-corrected chi connectivity index (χ1v) is 10.5. The molecule has 1 aliphatic heterocycles. The predicted octanol–water partition coefficient (Wildman–Crippen LogP) is 3.31. The van der Waals surface area contributed by atoms with Crippen molar-refractivity contribution in [2.45, 2.75) is 26.3 Å². The van der Waals surface area contributed by atoms with E-state index in [9.17, 15) is 9.59 Å². The van der Waals surface area contributed by atoms with Crippen LogP contribution in [0.3, 0.4) is 0 Å². The second kappa shape index (κ2) is 10.2. The molecule has 0 aromatic heterocycles. The van der Waals surface area contributed by atoms with Gasteiger partial charge in [0.1, 0.15) is 0 Å². The van der Waals surface area contributed by atoms with Gasteiger partial charge in [0.25, 0.3) is 0 Å². The van der Waals surface area contributed by atoms with E-state index in [2.05, 4.69) is 24.5 Å². The number of carbonyl (C=O) groups excluding carboxylic acids is 2. The molecule has 31 heavy (non-hydrogen) atoms. The molecule has 1 saturated heterocycles. The molecule has 2 atom stereocenters. The minimum atomic E-state index is -0.384. The van der Waals surface area contributed by atoms with E-state index in [-0.39, 0.29) is 30.2 Å². The molecule has 166 valence electrons. The Morgan fingerprint density at radius 1 is 1.10 bits per heavy atom. The summed E-state index contributed by atoms with van der Waals surface area (Å²) in [5.74, 6) is 0.913. The Kier molecular flexibility index (Phi) is 7.39. The van der Waals surface area contributed by atoms with Gasteiger partial charge in [0.05, 0.1) is 20.1 Å². The van der Waals surface area contributed by atoms with Crippen LogP contribution in [0.15, 0.2) is 48.5 Å². The summed E-state index contributed by atoms with van der Waals surface area (Å²) in [5, 5.41) is 6.51. The van der Waals surface area contributed by atoms with Crippen molar-refractivity contribution >= 4 is 23.2 Å². The maximum Gasteiger partial charge on any atom is 0.227 e. The minimum absolute atomic E-state index is 0.0739. The van der Waals surface area contributed by atoms with Crippen molar-refractivity contribution in [2.75, 3.05) is 37.5 Å². The van der Waals surface area contributed by atoms with Gasteiger partial charge in [-0.3, -0.25) is 9.59 Å². The molecule has 3 rings (SSSR count). The average Bonchev–Trinajstić information content (AvgIpc) is 3.18. The van der Waals surface area contributed by atoms with E-state index in [4.69, 9.17) is 9.47 Å². The standard InChI is InChI=1S/C24H31N3O4/c1-16(2)20(26-18-8-6-5-7-9-18)14-25-24(29)17-12-23(28)27(15-17)19-10-11-21(30-3)22(13-19)31-4/h5-11,13,16-17,20,26H,12,14-15H2,1-4H3,(H,25,29). The first kappa shape index (κ1) is 22.5. The van der Waals surface area contributed by atoms with Gasteiger partial charge >= 0.3 is 0 Å². The number of carbonyl (C=O) groups is 2. The predicted molar refractivity (Wildman–Crippen MR) is 122 cm³/mol. The Morgan fingerprint density at radius 3 is 2.45 bits per heavy atom. The number of nitrogens with zero attached hydrogens (tertiary/aromatic N) is 1. The van der Waals surface area contributed by atoms with Gasteiger partial charge in [-0.25, -0.2) is 0 Å². The first-order chi connectivity index (χ1) is 14.9. The van der Waals surface area contributed by atoms with E-state index in [0.717, 1.165) is 5.69 Å². The molecule has 1 aliphatic rings. The van der Waals surface area contributed by atoms with E-state index in [0.29, 0.717) is 36.2 Å². The molecular formula is C24H31N3O4. The quantitative estimate of drug-likeness (QED) is 0.644. The zero-order valence-corrected chi connectivity index (χ0v) is 18.6. The van der Waals surface area contributed by atoms with E-state index in [1.807, 2.05) is 30.3 Å². The second-order valence-electron chi connectivity index (χ2n) is 8.05. The molecule has 0 spiro atoms. The van der Waals surface area contributed by atoms with E-state index < -0.39 is 0 Å². The zero-order chi connectivity index (χ0) is 22.4. The topological polar surface area (TPSA) is 79.9 Å². The Balaban J connectivity index is 1.60. The first-order valence-electron chi connectivity index (χ1n) is 10.5. The smallest absolute Gasteiger partial charge is 0.227 e. The van der Waals surface area contributed by atoms with Crippen molar-refractivity contribution in [3.63, 3.8) is 0 Å². The lowest BCUT2D eigenvalue weighted by Crippen LogP contribution is -2.42. The van der Waals surface area contributed by atoms with Crippen LogP contribution in [0.5, 0.6) is 11.5 Å². The van der Waals surface area contributed by atoms with E-state index in [1.165, 1.54) is 0 Å². The summed E-state index contributed by atoms with van der Waals surface area (Å²) in [7, 11) is 3.12. The fraction of sp³-hybridized carbons (Fsp3) is 0.417. The highest BCUT2D eigenvalue weighted by Gasteiger charge is 2.35. The fourth-order valence-electron chi connectivity index (χ4n) is 3.68. The lowest BCUT2D eigenvalue weighted by molar-refractivity contribution is -0.126. The van der Waals surface area contributed by atoms with Gasteiger partial charge in [0.15, 0.2) is 11.5 Å². The highest BCUT2D eigenvalue weighted by Crippen LogP contribution is 2.34. The Morgan fingerprint density at radius 2 is 1.81 bits per heavy atom. The zero-order valence-electron chi connectivity index (χ0n) is 18.6. The van der Waals surface area contributed by atoms with Crippen molar-refractivity contribution < 1.29 is 19.1 Å². The van der Waals surface area contributed by atoms with Crippen LogP contribution >= 0.6 is 0 Å². The fourth-order valence-corrected chi connectivity index (χ4v) is 3.68. The summed E-state index contributed by atoms with van der Waals surface area (Å²) >= 11 is 0. The number of hydrogen-bond acceptors (Lipinski definition) is 5. The number of para-hydroxylation sites is 1. The van der Waals surface area contributed by atoms with Gasteiger partial charge in [-0.15, -0.1) is 0 Å². The maximum absolute atomic E-state index is 12.8. The SMILES string of the molecule is COc1ccc(N2CC(C(=O)NCC(Nc3ccccc3)C(C)C)CC2=O)cc1OC. The molecule has 0 saturated carbocycles. The number of methoxy groups -OCH3 is 2. The molecule has 0 bridgehead atoms. The molecule has 2 unspecified atom stereocenters. The Bertz CT molecular complexity index is 901. The van der Waals surface area contributed by atoms with Crippen molar-refractivity contribution in [1.29, 1.82) is 0 Å². The van der Waals surface area contributed by atoms with Gasteiger partial charge in [-0.2, -0.15) is 0 Å². The van der Waals surface area contributed by atoms with Gasteiger partial charge in [-0.1, -0.05) is 32.0 Å². The summed E-state index contributed by atoms with van der Waals surface area (Å²) in [6, 6.07) is 15.4. The van der Waals surface area contributed by atoms with Crippen LogP contribution < -0.4 is 25.0 Å². The van der Waals surface area contributed by atoms with Gasteiger partial charge < -0.3 is 25.0 Å². The summed E-state index contributed by atoms with van der Waals surface area (Å²) in [6.45, 7) is 5.07. The van der Waals surface area contributed by atoms with Crippen LogP contribution in [-0.4, -0.2) is 45.2 Å². The van der Waals surface area contributed by atoms with E-state index >= 15 is 0 Å². The molecule has 0 radical (unpaired) electrons. The van der Waals surface area contributed by atoms with Crippen molar-refractivity contribution in [2.24, 2.45) is 11.8 Å². The third kappa shape index (κ3) is 5.48. The molecule has 2 aromatic carbocycles. The molecule has 1 fully saturated rings. The number of benzene rings is 2. The normalized spacial score (nSPS) is 16.9. The lowest BCUT2D eigenvalue weighted by Gasteiger charge is -2.24. The molecule has 1 heterocycles. The monoisotopic (exact) mass is 425 g/mol. The number of ether oxygens (including phenoxy) is 2. The summed E-state index contributed by atoms with van der Waals surface area (Å²) < 4.78 is 10.6. The van der Waals surface area contributed by atoms with E-state index in [1.54, 1.807) is 37.3 Å². The van der Waals surface area contributed by atoms with Crippen LogP contribution in [0, 0.1) is 11.8 Å². The molecule has 7 heteroatoms. The molecular weight excluding hydrogens is 394 g/mol. The molecule has 2 aromatic rings. The van der Waals surface area contributed by atoms with Crippen LogP contribution in [0.2, 0.25) is 0 Å². The number of nitrogens with one attached hydrogen (secondary N) is 2. The number of amides is 2. The number of rotatable bonds is 9. The van der Waals surface area contributed by atoms with Gasteiger partial charge in [0, 0.05) is 43.0 Å². The summed E-state index contributed by atoms with van der Waals surface area (Å²) in [4.78, 5) is 27.0. The van der Waals surface area contributed by atoms with Crippen molar-refractivity contribution in [3.05, 3.63) is 48.5 Å². The highest BCUT2D eigenvalue weighted by atomic mass is 16.5. The molecule has 7 nitrogen and oxygen atoms in total. The largest absolute Gasteiger partial charge is 0.493 e. The van der Waals surface area contributed by atoms with Gasteiger partial charge in [0.2, 0.25) is 11.8 Å². The Hall–Kier alpha value is -3.22. The Labute approximate surface area is 183 Å². The third-order valence-electron chi connectivity index (χ3n) is 5.60. The summed E-state index contributed by atoms with van der Waals surface area (Å²) in [5.41, 5.74) is 1.72. The van der Waals surface area contributed by atoms with Crippen LogP contribution in [0.1, 0.15) is 20.3 Å². The van der Waals surface area contributed by atoms with Crippen LogP contribution in [-0.2, 0) is 9.59 Å². The minimum Gasteiger partial charge on any atom is -0.493 e. The van der Waals surface area contributed by atoms with Crippen LogP contribution in [0.4, 0.5) is 11.4 Å². The lowest BCUT2D eigenvalue weighted by atomic mass is 10.0. The maximum atomic E-state index is 12.8. The van der Waals surface area contributed by atoms with Crippen molar-refractivity contribution in [3.8, 4) is 11.5 Å². The number of hydrogen-bond donors (Lipinski definition) is 2. The van der Waals surface area contributed by atoms with Crippen molar-refractivity contribution in [1.82, 2.24) is 5.32 Å². The third-order valence-corrected chi connectivity index (χ3v) is 5.60. The highest BCUT2D eigenvalue weighted by molar-refractivity contribution is 6.00.